The van der Waals surface area contributed by atoms with Gasteiger partial charge in [-0.15, -0.1) is 0 Å². The van der Waals surface area contributed by atoms with Crippen molar-refractivity contribution in [3.05, 3.63) is 24.2 Å². The maximum Gasteiger partial charge on any atom is 0.240 e. The standard InChI is InChI=1S/C11H16N2O2/c1-8(9-4-2-7-15-9)13-10(14)11(12)5-3-6-11/h2,4,7-8H,3,5-6,12H2,1H3,(H,13,14)/t8-/m1/s1. The molecule has 1 heterocycles. The Bertz CT molecular complexity index is 341. The molecule has 82 valence electrons. The molecule has 1 amide bonds. The molecule has 0 bridgehead atoms. The average molecular weight is 208 g/mol. The Morgan fingerprint density at radius 1 is 1.67 bits per heavy atom. The van der Waals surface area contributed by atoms with Gasteiger partial charge in [-0.3, -0.25) is 4.79 Å². The highest BCUT2D eigenvalue weighted by Gasteiger charge is 2.40. The number of hydrogen-bond acceptors (Lipinski definition) is 3. The predicted octanol–water partition coefficient (Wildman–Crippen LogP) is 1.34. The molecule has 2 rings (SSSR count). The van der Waals surface area contributed by atoms with E-state index in [1.807, 2.05) is 13.0 Å². The number of carbonyl (C=O) groups excluding carboxylic acids is 1. The molecule has 0 saturated heterocycles. The van der Waals surface area contributed by atoms with Crippen LogP contribution in [0.5, 0.6) is 0 Å². The van der Waals surface area contributed by atoms with Crippen molar-refractivity contribution in [3.63, 3.8) is 0 Å². The van der Waals surface area contributed by atoms with Crippen molar-refractivity contribution in [3.8, 4) is 0 Å². The number of carbonyl (C=O) groups is 1. The van der Waals surface area contributed by atoms with Crippen molar-refractivity contribution in [2.75, 3.05) is 0 Å². The first kappa shape index (κ1) is 10.2. The van der Waals surface area contributed by atoms with E-state index in [2.05, 4.69) is 5.32 Å². The van der Waals surface area contributed by atoms with Gasteiger partial charge in [-0.1, -0.05) is 0 Å². The van der Waals surface area contributed by atoms with Crippen molar-refractivity contribution in [2.45, 2.75) is 37.8 Å². The summed E-state index contributed by atoms with van der Waals surface area (Å²) in [4.78, 5) is 11.8. The molecule has 1 aliphatic carbocycles. The minimum absolute atomic E-state index is 0.0716. The number of amides is 1. The summed E-state index contributed by atoms with van der Waals surface area (Å²) in [6, 6.07) is 3.53. The van der Waals surface area contributed by atoms with Gasteiger partial charge in [-0.2, -0.15) is 0 Å². The molecule has 0 aliphatic heterocycles. The summed E-state index contributed by atoms with van der Waals surface area (Å²) in [5, 5.41) is 2.87. The molecule has 1 aromatic heterocycles. The lowest BCUT2D eigenvalue weighted by molar-refractivity contribution is -0.130. The second kappa shape index (κ2) is 3.70. The molecule has 1 aliphatic rings. The third-order valence-electron chi connectivity index (χ3n) is 3.02. The van der Waals surface area contributed by atoms with E-state index >= 15 is 0 Å². The van der Waals surface area contributed by atoms with E-state index in [1.54, 1.807) is 12.3 Å². The molecule has 0 aromatic carbocycles. The smallest absolute Gasteiger partial charge is 0.240 e. The summed E-state index contributed by atoms with van der Waals surface area (Å²) in [6.45, 7) is 1.89. The summed E-state index contributed by atoms with van der Waals surface area (Å²) < 4.78 is 5.20. The monoisotopic (exact) mass is 208 g/mol. The van der Waals surface area contributed by atoms with E-state index in [1.165, 1.54) is 0 Å². The van der Waals surface area contributed by atoms with E-state index in [9.17, 15) is 4.79 Å². The highest BCUT2D eigenvalue weighted by atomic mass is 16.3. The topological polar surface area (TPSA) is 68.3 Å². The Balaban J connectivity index is 1.94. The van der Waals surface area contributed by atoms with Crippen molar-refractivity contribution in [2.24, 2.45) is 5.73 Å². The molecule has 0 unspecified atom stereocenters. The molecule has 0 spiro atoms. The van der Waals surface area contributed by atoms with Gasteiger partial charge in [0.25, 0.3) is 0 Å². The van der Waals surface area contributed by atoms with Crippen LogP contribution in [0.25, 0.3) is 0 Å². The van der Waals surface area contributed by atoms with Crippen LogP contribution in [-0.4, -0.2) is 11.4 Å². The fourth-order valence-corrected chi connectivity index (χ4v) is 1.73. The van der Waals surface area contributed by atoms with Crippen LogP contribution in [0.4, 0.5) is 0 Å². The van der Waals surface area contributed by atoms with Crippen LogP contribution in [0, 0.1) is 0 Å². The minimum Gasteiger partial charge on any atom is -0.467 e. The highest BCUT2D eigenvalue weighted by molar-refractivity contribution is 5.87. The zero-order valence-corrected chi connectivity index (χ0v) is 8.82. The third kappa shape index (κ3) is 1.90. The molecular formula is C11H16N2O2. The first-order valence-electron chi connectivity index (χ1n) is 5.25. The van der Waals surface area contributed by atoms with E-state index < -0.39 is 5.54 Å². The summed E-state index contributed by atoms with van der Waals surface area (Å²) in [5.41, 5.74) is 5.27. The number of hydrogen-bond donors (Lipinski definition) is 2. The Morgan fingerprint density at radius 2 is 2.40 bits per heavy atom. The second-order valence-electron chi connectivity index (χ2n) is 4.22. The largest absolute Gasteiger partial charge is 0.467 e. The van der Waals surface area contributed by atoms with E-state index in [0.717, 1.165) is 25.0 Å². The average Bonchev–Trinajstić information content (AvgIpc) is 2.66. The van der Waals surface area contributed by atoms with Gasteiger partial charge in [0.2, 0.25) is 5.91 Å². The lowest BCUT2D eigenvalue weighted by Crippen LogP contribution is -2.58. The molecule has 4 heteroatoms. The SMILES string of the molecule is C[C@@H](NC(=O)C1(N)CCC1)c1ccco1. The molecule has 1 saturated carbocycles. The summed E-state index contributed by atoms with van der Waals surface area (Å²) >= 11 is 0. The predicted molar refractivity (Wildman–Crippen MR) is 56.0 cm³/mol. The van der Waals surface area contributed by atoms with Gasteiger partial charge in [0, 0.05) is 0 Å². The number of furan rings is 1. The van der Waals surface area contributed by atoms with Gasteiger partial charge in [0.15, 0.2) is 0 Å². The van der Waals surface area contributed by atoms with Crippen LogP contribution < -0.4 is 11.1 Å². The Kier molecular flexibility index (Phi) is 2.52. The number of nitrogens with one attached hydrogen (secondary N) is 1. The quantitative estimate of drug-likeness (QED) is 0.787. The molecule has 15 heavy (non-hydrogen) atoms. The Labute approximate surface area is 88.8 Å². The second-order valence-corrected chi connectivity index (χ2v) is 4.22. The number of rotatable bonds is 3. The molecular weight excluding hydrogens is 192 g/mol. The van der Waals surface area contributed by atoms with Crippen molar-refractivity contribution < 1.29 is 9.21 Å². The first-order chi connectivity index (χ1) is 7.12. The number of nitrogens with two attached hydrogens (primary N) is 1. The summed E-state index contributed by atoms with van der Waals surface area (Å²) in [5.74, 6) is 0.684. The molecule has 3 N–H and O–H groups in total. The van der Waals surface area contributed by atoms with E-state index in [-0.39, 0.29) is 11.9 Å². The Morgan fingerprint density at radius 3 is 2.87 bits per heavy atom. The van der Waals surface area contributed by atoms with Gasteiger partial charge < -0.3 is 15.5 Å². The van der Waals surface area contributed by atoms with Gasteiger partial charge in [0.1, 0.15) is 5.76 Å². The fourth-order valence-electron chi connectivity index (χ4n) is 1.73. The lowest BCUT2D eigenvalue weighted by atomic mass is 9.77. The van der Waals surface area contributed by atoms with E-state index in [0.29, 0.717) is 0 Å². The fraction of sp³-hybridized carbons (Fsp3) is 0.545. The van der Waals surface area contributed by atoms with Crippen LogP contribution in [0.3, 0.4) is 0 Å². The molecule has 0 radical (unpaired) electrons. The van der Waals surface area contributed by atoms with Gasteiger partial charge >= 0.3 is 0 Å². The van der Waals surface area contributed by atoms with Gasteiger partial charge in [-0.05, 0) is 38.3 Å². The zero-order chi connectivity index (χ0) is 10.9. The molecule has 4 nitrogen and oxygen atoms in total. The van der Waals surface area contributed by atoms with Gasteiger partial charge in [0.05, 0.1) is 17.8 Å². The van der Waals surface area contributed by atoms with Crippen molar-refractivity contribution in [1.29, 1.82) is 0 Å². The minimum atomic E-state index is -0.638. The summed E-state index contributed by atoms with van der Waals surface area (Å²) in [7, 11) is 0. The van der Waals surface area contributed by atoms with Crippen LogP contribution in [0.15, 0.2) is 22.8 Å². The Hall–Kier alpha value is -1.29. The first-order valence-corrected chi connectivity index (χ1v) is 5.25. The van der Waals surface area contributed by atoms with Crippen molar-refractivity contribution >= 4 is 5.91 Å². The van der Waals surface area contributed by atoms with Crippen LogP contribution in [0.1, 0.15) is 38.0 Å². The third-order valence-corrected chi connectivity index (χ3v) is 3.02. The maximum absolute atomic E-state index is 11.8. The van der Waals surface area contributed by atoms with Gasteiger partial charge in [-0.25, -0.2) is 0 Å². The molecule has 1 atom stereocenters. The van der Waals surface area contributed by atoms with Crippen LogP contribution >= 0.6 is 0 Å². The van der Waals surface area contributed by atoms with Crippen LogP contribution in [-0.2, 0) is 4.79 Å². The van der Waals surface area contributed by atoms with E-state index in [4.69, 9.17) is 10.2 Å². The lowest BCUT2D eigenvalue weighted by Gasteiger charge is -2.36. The molecule has 1 aromatic rings. The van der Waals surface area contributed by atoms with Crippen LogP contribution in [0.2, 0.25) is 0 Å². The normalized spacial score (nSPS) is 20.4. The summed E-state index contributed by atoms with van der Waals surface area (Å²) in [6.07, 6.45) is 4.20. The zero-order valence-electron chi connectivity index (χ0n) is 8.82. The van der Waals surface area contributed by atoms with Crippen molar-refractivity contribution in [1.82, 2.24) is 5.32 Å². The highest BCUT2D eigenvalue weighted by Crippen LogP contribution is 2.29. The molecule has 1 fully saturated rings. The maximum atomic E-state index is 11.8.